The minimum absolute atomic E-state index is 0.249. The Kier molecular flexibility index (Phi) is 4.54. The molecule has 1 aromatic carbocycles. The van der Waals surface area contributed by atoms with Gasteiger partial charge in [0.25, 0.3) is 0 Å². The highest BCUT2D eigenvalue weighted by Crippen LogP contribution is 2.33. The van der Waals surface area contributed by atoms with Gasteiger partial charge < -0.3 is 4.90 Å². The number of thiophene rings is 1. The fraction of sp³-hybridized carbons (Fsp3) is 0.357. The van der Waals surface area contributed by atoms with Crippen molar-refractivity contribution in [1.82, 2.24) is 4.90 Å². The lowest BCUT2D eigenvalue weighted by atomic mass is 10.1. The minimum Gasteiger partial charge on any atom is -0.309 e. The third-order valence-corrected chi connectivity index (χ3v) is 4.69. The van der Waals surface area contributed by atoms with Crippen LogP contribution in [-0.2, 0) is 5.33 Å². The molecule has 0 N–H and O–H groups in total. The van der Waals surface area contributed by atoms with Gasteiger partial charge in [0.05, 0.1) is 4.88 Å². The van der Waals surface area contributed by atoms with Crippen molar-refractivity contribution in [3.63, 3.8) is 0 Å². The van der Waals surface area contributed by atoms with E-state index in [1.165, 1.54) is 10.1 Å². The number of benzene rings is 1. The Bertz CT molecular complexity index is 562. The number of carbonyl (C=O) groups excluding carboxylic acids is 1. The van der Waals surface area contributed by atoms with Crippen LogP contribution in [0.1, 0.15) is 21.7 Å². The van der Waals surface area contributed by atoms with Gasteiger partial charge in [-0.3, -0.25) is 4.79 Å². The van der Waals surface area contributed by atoms with Crippen molar-refractivity contribution in [3.05, 3.63) is 34.7 Å². The van der Waals surface area contributed by atoms with Crippen LogP contribution < -0.4 is 0 Å². The van der Waals surface area contributed by atoms with Crippen LogP contribution in [0, 0.1) is 0 Å². The average Bonchev–Trinajstić information content (AvgIpc) is 2.74. The molecule has 2 rings (SSSR count). The summed E-state index contributed by atoms with van der Waals surface area (Å²) in [4.78, 5) is 15.2. The smallest absolute Gasteiger partial charge is 0.174 e. The number of rotatable bonds is 5. The molecule has 0 amide bonds. The summed E-state index contributed by atoms with van der Waals surface area (Å²) in [6, 6.07) is 8.21. The first-order valence-corrected chi connectivity index (χ1v) is 7.81. The third-order valence-electron chi connectivity index (χ3n) is 2.87. The molecular formula is C14H16BrNOS. The van der Waals surface area contributed by atoms with Crippen molar-refractivity contribution in [1.29, 1.82) is 0 Å². The van der Waals surface area contributed by atoms with Gasteiger partial charge in [0, 0.05) is 23.0 Å². The molecule has 0 fully saturated rings. The highest BCUT2D eigenvalue weighted by atomic mass is 79.9. The quantitative estimate of drug-likeness (QED) is 0.613. The summed E-state index contributed by atoms with van der Waals surface area (Å²) >= 11 is 5.11. The van der Waals surface area contributed by atoms with E-state index >= 15 is 0 Å². The average molecular weight is 326 g/mol. The number of halogens is 1. The zero-order chi connectivity index (χ0) is 13.1. The van der Waals surface area contributed by atoms with Crippen LogP contribution in [0.3, 0.4) is 0 Å². The van der Waals surface area contributed by atoms with Gasteiger partial charge in [-0.2, -0.15) is 0 Å². The van der Waals surface area contributed by atoms with Gasteiger partial charge in [-0.05, 0) is 31.1 Å². The third kappa shape index (κ3) is 2.82. The van der Waals surface area contributed by atoms with Crippen LogP contribution in [-0.4, -0.2) is 31.3 Å². The highest BCUT2D eigenvalue weighted by Gasteiger charge is 2.17. The largest absolute Gasteiger partial charge is 0.309 e. The van der Waals surface area contributed by atoms with Crippen LogP contribution in [0.15, 0.2) is 24.3 Å². The molecule has 2 aromatic rings. The maximum Gasteiger partial charge on any atom is 0.174 e. The Balaban J connectivity index is 2.35. The van der Waals surface area contributed by atoms with E-state index < -0.39 is 0 Å². The predicted molar refractivity (Wildman–Crippen MR) is 82.0 cm³/mol. The number of carbonyl (C=O) groups is 1. The SMILES string of the molecule is CN(C)CCC(=O)c1sc2ccccc2c1CBr. The summed E-state index contributed by atoms with van der Waals surface area (Å²) in [5.41, 5.74) is 1.14. The number of nitrogens with zero attached hydrogens (tertiary/aromatic N) is 1. The standard InChI is InChI=1S/C14H16BrNOS/c1-16(2)8-7-12(17)14-11(9-15)10-5-3-4-6-13(10)18-14/h3-6H,7-9H2,1-2H3. The summed E-state index contributed by atoms with van der Waals surface area (Å²) in [5, 5.41) is 1.94. The number of ketones is 1. The lowest BCUT2D eigenvalue weighted by Gasteiger charge is -2.08. The first kappa shape index (κ1) is 13.7. The summed E-state index contributed by atoms with van der Waals surface area (Å²) in [7, 11) is 3.98. The van der Waals surface area contributed by atoms with Crippen LogP contribution in [0.2, 0.25) is 0 Å². The molecule has 0 spiro atoms. The van der Waals surface area contributed by atoms with E-state index in [1.807, 2.05) is 31.1 Å². The van der Waals surface area contributed by atoms with E-state index in [0.717, 1.165) is 22.3 Å². The number of fused-ring (bicyclic) bond motifs is 1. The van der Waals surface area contributed by atoms with E-state index in [0.29, 0.717) is 6.42 Å². The lowest BCUT2D eigenvalue weighted by Crippen LogP contribution is -2.16. The van der Waals surface area contributed by atoms with E-state index in [4.69, 9.17) is 0 Å². The molecule has 1 heterocycles. The van der Waals surface area contributed by atoms with Crippen LogP contribution in [0.25, 0.3) is 10.1 Å². The minimum atomic E-state index is 0.249. The second kappa shape index (κ2) is 5.95. The highest BCUT2D eigenvalue weighted by molar-refractivity contribution is 9.08. The Labute approximate surface area is 120 Å². The van der Waals surface area contributed by atoms with Crippen molar-refractivity contribution < 1.29 is 4.79 Å². The molecule has 0 bridgehead atoms. The molecule has 0 aliphatic heterocycles. The topological polar surface area (TPSA) is 20.3 Å². The zero-order valence-corrected chi connectivity index (χ0v) is 13.0. The van der Waals surface area contributed by atoms with Crippen molar-refractivity contribution >= 4 is 43.1 Å². The van der Waals surface area contributed by atoms with E-state index in [2.05, 4.69) is 28.1 Å². The van der Waals surface area contributed by atoms with Crippen molar-refractivity contribution in [2.24, 2.45) is 0 Å². The molecular weight excluding hydrogens is 310 g/mol. The number of Topliss-reactive ketones (excluding diaryl/α,β-unsaturated/α-hetero) is 1. The van der Waals surface area contributed by atoms with Gasteiger partial charge in [0.15, 0.2) is 5.78 Å². The first-order valence-electron chi connectivity index (χ1n) is 5.87. The Morgan fingerprint density at radius 3 is 2.72 bits per heavy atom. The fourth-order valence-corrected chi connectivity index (χ4v) is 3.85. The molecule has 0 atom stereocenters. The Morgan fingerprint density at radius 1 is 1.33 bits per heavy atom. The van der Waals surface area contributed by atoms with Crippen LogP contribution >= 0.6 is 27.3 Å². The fourth-order valence-electron chi connectivity index (χ4n) is 1.90. The maximum absolute atomic E-state index is 12.3. The predicted octanol–water partition coefficient (Wildman–Crippen LogP) is 3.93. The molecule has 0 unspecified atom stereocenters. The summed E-state index contributed by atoms with van der Waals surface area (Å²) in [5.74, 6) is 0.249. The van der Waals surface area contributed by atoms with Gasteiger partial charge in [-0.1, -0.05) is 34.1 Å². The second-order valence-electron chi connectivity index (χ2n) is 4.52. The molecule has 2 nitrogen and oxygen atoms in total. The summed E-state index contributed by atoms with van der Waals surface area (Å²) in [6.07, 6.45) is 0.583. The van der Waals surface area contributed by atoms with E-state index in [-0.39, 0.29) is 5.78 Å². The molecule has 0 radical (unpaired) electrons. The van der Waals surface area contributed by atoms with Gasteiger partial charge in [0.2, 0.25) is 0 Å². The van der Waals surface area contributed by atoms with Gasteiger partial charge >= 0.3 is 0 Å². The molecule has 1 aromatic heterocycles. The molecule has 96 valence electrons. The molecule has 4 heteroatoms. The summed E-state index contributed by atoms with van der Waals surface area (Å²) in [6.45, 7) is 0.800. The molecule has 0 saturated carbocycles. The van der Waals surface area contributed by atoms with Crippen molar-refractivity contribution in [2.45, 2.75) is 11.8 Å². The molecule has 18 heavy (non-hydrogen) atoms. The zero-order valence-electron chi connectivity index (χ0n) is 10.6. The second-order valence-corrected chi connectivity index (χ2v) is 6.13. The van der Waals surface area contributed by atoms with E-state index in [1.54, 1.807) is 11.3 Å². The molecule has 0 aliphatic carbocycles. The summed E-state index contributed by atoms with van der Waals surface area (Å²) < 4.78 is 1.19. The Hall–Kier alpha value is -0.710. The van der Waals surface area contributed by atoms with Gasteiger partial charge in [-0.25, -0.2) is 0 Å². The van der Waals surface area contributed by atoms with Crippen LogP contribution in [0.4, 0.5) is 0 Å². The molecule has 0 saturated heterocycles. The number of alkyl halides is 1. The van der Waals surface area contributed by atoms with Crippen LogP contribution in [0.5, 0.6) is 0 Å². The van der Waals surface area contributed by atoms with E-state index in [9.17, 15) is 4.79 Å². The maximum atomic E-state index is 12.3. The molecule has 0 aliphatic rings. The Morgan fingerprint density at radius 2 is 2.06 bits per heavy atom. The van der Waals surface area contributed by atoms with Crippen molar-refractivity contribution in [3.8, 4) is 0 Å². The number of hydrogen-bond donors (Lipinski definition) is 0. The monoisotopic (exact) mass is 325 g/mol. The van der Waals surface area contributed by atoms with Crippen molar-refractivity contribution in [2.75, 3.05) is 20.6 Å². The first-order chi connectivity index (χ1) is 8.63. The van der Waals surface area contributed by atoms with Gasteiger partial charge in [0.1, 0.15) is 0 Å². The lowest BCUT2D eigenvalue weighted by molar-refractivity contribution is 0.0976. The number of hydrogen-bond acceptors (Lipinski definition) is 3. The normalized spacial score (nSPS) is 11.3. The van der Waals surface area contributed by atoms with Gasteiger partial charge in [-0.15, -0.1) is 11.3 Å².